The van der Waals surface area contributed by atoms with E-state index in [-0.39, 0.29) is 12.9 Å². The molecular formula is C23H21ClN2O4. The van der Waals surface area contributed by atoms with Gasteiger partial charge in [0.05, 0.1) is 10.6 Å². The number of rotatable bonds is 5. The van der Waals surface area contributed by atoms with E-state index in [0.717, 1.165) is 19.3 Å². The average Bonchev–Trinajstić information content (AvgIpc) is 3.21. The largest absolute Gasteiger partial charge is 0.376 e. The second-order valence-electron chi connectivity index (χ2n) is 6.87. The van der Waals surface area contributed by atoms with Crippen LogP contribution in [0.1, 0.15) is 42.3 Å². The molecule has 1 fully saturated rings. The molecule has 1 saturated heterocycles. The molecule has 2 aromatic heterocycles. The number of aromatic nitrogens is 2. The van der Waals surface area contributed by atoms with Crippen LogP contribution in [-0.2, 0) is 16.1 Å². The first-order valence-corrected chi connectivity index (χ1v) is 10.2. The molecule has 0 saturated carbocycles. The number of halogens is 1. The molecule has 0 amide bonds. The lowest BCUT2D eigenvalue weighted by atomic mass is 10.0. The Hall–Kier alpha value is -2.69. The van der Waals surface area contributed by atoms with Crippen LogP contribution < -0.4 is 0 Å². The molecule has 1 N–H and O–H groups in total. The van der Waals surface area contributed by atoms with Crippen molar-refractivity contribution in [1.82, 2.24) is 10.1 Å². The summed E-state index contributed by atoms with van der Waals surface area (Å²) in [5.41, 5.74) is 2.23. The van der Waals surface area contributed by atoms with Gasteiger partial charge >= 0.3 is 0 Å². The summed E-state index contributed by atoms with van der Waals surface area (Å²) in [6, 6.07) is 10.9. The van der Waals surface area contributed by atoms with Crippen molar-refractivity contribution < 1.29 is 19.1 Å². The number of hydrogen-bond donors (Lipinski definition) is 1. The number of ether oxygens (including phenoxy) is 2. The van der Waals surface area contributed by atoms with Crippen molar-refractivity contribution in [2.75, 3.05) is 6.61 Å². The monoisotopic (exact) mass is 424 g/mol. The second kappa shape index (κ2) is 9.88. The van der Waals surface area contributed by atoms with Crippen molar-refractivity contribution in [3.05, 3.63) is 70.7 Å². The van der Waals surface area contributed by atoms with Gasteiger partial charge in [0.25, 0.3) is 0 Å². The van der Waals surface area contributed by atoms with E-state index in [0.29, 0.717) is 39.8 Å². The maximum Gasteiger partial charge on any atom is 0.169 e. The highest BCUT2D eigenvalue weighted by molar-refractivity contribution is 6.33. The zero-order valence-corrected chi connectivity index (χ0v) is 17.0. The van der Waals surface area contributed by atoms with Gasteiger partial charge in [-0.2, -0.15) is 0 Å². The third-order valence-corrected chi connectivity index (χ3v) is 5.09. The van der Waals surface area contributed by atoms with Crippen molar-refractivity contribution in [2.45, 2.75) is 38.3 Å². The van der Waals surface area contributed by atoms with Gasteiger partial charge < -0.3 is 19.1 Å². The van der Waals surface area contributed by atoms with Crippen molar-refractivity contribution in [2.24, 2.45) is 0 Å². The maximum absolute atomic E-state index is 10.9. The van der Waals surface area contributed by atoms with E-state index in [1.807, 2.05) is 24.3 Å². The normalized spacial score (nSPS) is 17.2. The van der Waals surface area contributed by atoms with Crippen LogP contribution in [0.4, 0.5) is 0 Å². The minimum atomic E-state index is -1.14. The fraction of sp³-hybridized carbons (Fsp3) is 0.304. The number of aliphatic hydroxyl groups is 1. The van der Waals surface area contributed by atoms with Crippen LogP contribution in [0, 0.1) is 11.8 Å². The Bertz CT molecular complexity index is 1040. The molecule has 0 bridgehead atoms. The number of benzene rings is 1. The zero-order chi connectivity index (χ0) is 20.8. The van der Waals surface area contributed by atoms with E-state index in [1.54, 1.807) is 24.5 Å². The molecule has 0 spiro atoms. The van der Waals surface area contributed by atoms with Gasteiger partial charge in [0.2, 0.25) is 0 Å². The van der Waals surface area contributed by atoms with E-state index >= 15 is 0 Å². The Labute approximate surface area is 179 Å². The first-order chi connectivity index (χ1) is 14.7. The lowest BCUT2D eigenvalue weighted by molar-refractivity contribution is -0.172. The Balaban J connectivity index is 1.65. The predicted octanol–water partition coefficient (Wildman–Crippen LogP) is 4.52. The molecule has 1 aliphatic heterocycles. The smallest absolute Gasteiger partial charge is 0.169 e. The van der Waals surface area contributed by atoms with Crippen molar-refractivity contribution in [3.8, 4) is 23.1 Å². The minimum absolute atomic E-state index is 0.114. The molecule has 7 heteroatoms. The molecule has 2 atom stereocenters. The maximum atomic E-state index is 10.9. The number of aliphatic hydroxyl groups excluding tert-OH is 1. The lowest BCUT2D eigenvalue weighted by Crippen LogP contribution is -2.22. The predicted molar refractivity (Wildman–Crippen MR) is 111 cm³/mol. The van der Waals surface area contributed by atoms with Gasteiger partial charge in [-0.05, 0) is 37.5 Å². The van der Waals surface area contributed by atoms with E-state index < -0.39 is 6.10 Å². The molecule has 6 nitrogen and oxygen atoms in total. The Morgan fingerprint density at radius 1 is 1.23 bits per heavy atom. The SMILES string of the molecule is OC(C#Cc1cccnc1)c1c(-c2ccccc2Cl)noc1COC1CCCCO1. The second-order valence-corrected chi connectivity index (χ2v) is 7.28. The van der Waals surface area contributed by atoms with Crippen molar-refractivity contribution in [3.63, 3.8) is 0 Å². The Morgan fingerprint density at radius 3 is 2.90 bits per heavy atom. The fourth-order valence-electron chi connectivity index (χ4n) is 3.24. The van der Waals surface area contributed by atoms with Gasteiger partial charge in [-0.25, -0.2) is 0 Å². The van der Waals surface area contributed by atoms with Gasteiger partial charge in [-0.1, -0.05) is 46.8 Å². The van der Waals surface area contributed by atoms with Crippen LogP contribution >= 0.6 is 11.6 Å². The number of pyridine rings is 1. The molecule has 1 aromatic carbocycles. The highest BCUT2D eigenvalue weighted by Gasteiger charge is 2.25. The van der Waals surface area contributed by atoms with Gasteiger partial charge in [0.15, 0.2) is 12.1 Å². The first kappa shape index (κ1) is 20.6. The summed E-state index contributed by atoms with van der Waals surface area (Å²) in [4.78, 5) is 4.03. The molecule has 3 aromatic rings. The summed E-state index contributed by atoms with van der Waals surface area (Å²) in [6.45, 7) is 0.793. The molecule has 1 aliphatic rings. The summed E-state index contributed by atoms with van der Waals surface area (Å²) >= 11 is 6.36. The lowest BCUT2D eigenvalue weighted by Gasteiger charge is -2.22. The molecule has 0 aliphatic carbocycles. The summed E-state index contributed by atoms with van der Waals surface area (Å²) < 4.78 is 17.0. The van der Waals surface area contributed by atoms with Crippen LogP contribution in [0.2, 0.25) is 5.02 Å². The highest BCUT2D eigenvalue weighted by Crippen LogP contribution is 2.35. The molecule has 4 rings (SSSR count). The Kier molecular flexibility index (Phi) is 6.77. The van der Waals surface area contributed by atoms with E-state index in [1.165, 1.54) is 0 Å². The van der Waals surface area contributed by atoms with Crippen LogP contribution in [0.3, 0.4) is 0 Å². The molecule has 2 unspecified atom stereocenters. The molecule has 0 radical (unpaired) electrons. The molecule has 3 heterocycles. The topological polar surface area (TPSA) is 77.6 Å². The standard InChI is InChI=1S/C23H21ClN2O4/c24-18-8-2-1-7-17(18)23-22(19(27)11-10-16-6-5-12-25-14-16)20(30-26-23)15-29-21-9-3-4-13-28-21/h1-2,5-8,12,14,19,21,27H,3-4,9,13,15H2. The van der Waals surface area contributed by atoms with Crippen LogP contribution in [-0.4, -0.2) is 28.1 Å². The van der Waals surface area contributed by atoms with Crippen LogP contribution in [0.25, 0.3) is 11.3 Å². The minimum Gasteiger partial charge on any atom is -0.376 e. The zero-order valence-electron chi connectivity index (χ0n) is 16.3. The van der Waals surface area contributed by atoms with E-state index in [2.05, 4.69) is 22.0 Å². The highest BCUT2D eigenvalue weighted by atomic mass is 35.5. The summed E-state index contributed by atoms with van der Waals surface area (Å²) in [7, 11) is 0. The van der Waals surface area contributed by atoms with Gasteiger partial charge in [0, 0.05) is 30.1 Å². The molecule has 30 heavy (non-hydrogen) atoms. The van der Waals surface area contributed by atoms with Gasteiger partial charge in [0.1, 0.15) is 18.4 Å². The van der Waals surface area contributed by atoms with E-state index in [9.17, 15) is 5.11 Å². The summed E-state index contributed by atoms with van der Waals surface area (Å²) in [5, 5.41) is 15.6. The molecular weight excluding hydrogens is 404 g/mol. The van der Waals surface area contributed by atoms with Crippen molar-refractivity contribution in [1.29, 1.82) is 0 Å². The summed E-state index contributed by atoms with van der Waals surface area (Å²) in [5.74, 6) is 6.17. The Morgan fingerprint density at radius 2 is 2.13 bits per heavy atom. The van der Waals surface area contributed by atoms with Gasteiger partial charge in [-0.3, -0.25) is 4.98 Å². The van der Waals surface area contributed by atoms with E-state index in [4.69, 9.17) is 25.6 Å². The number of hydrogen-bond acceptors (Lipinski definition) is 6. The van der Waals surface area contributed by atoms with Crippen LogP contribution in [0.15, 0.2) is 53.3 Å². The first-order valence-electron chi connectivity index (χ1n) is 9.78. The fourth-order valence-corrected chi connectivity index (χ4v) is 3.46. The quantitative estimate of drug-likeness (QED) is 0.607. The van der Waals surface area contributed by atoms with Gasteiger partial charge in [-0.15, -0.1) is 0 Å². The average molecular weight is 425 g/mol. The third kappa shape index (κ3) is 4.89. The molecule has 154 valence electrons. The third-order valence-electron chi connectivity index (χ3n) is 4.76. The number of nitrogens with zero attached hydrogens (tertiary/aromatic N) is 2. The van der Waals surface area contributed by atoms with Crippen LogP contribution in [0.5, 0.6) is 0 Å². The summed E-state index contributed by atoms with van der Waals surface area (Å²) in [6.07, 6.45) is 4.77. The van der Waals surface area contributed by atoms with Crippen molar-refractivity contribution >= 4 is 11.6 Å².